The molecule has 0 bridgehead atoms. The summed E-state index contributed by atoms with van der Waals surface area (Å²) >= 11 is 0. The summed E-state index contributed by atoms with van der Waals surface area (Å²) < 4.78 is 0. The lowest BCUT2D eigenvalue weighted by Gasteiger charge is -2.49. The van der Waals surface area contributed by atoms with Gasteiger partial charge in [-0.2, -0.15) is 0 Å². The van der Waals surface area contributed by atoms with E-state index in [2.05, 4.69) is 244 Å². The first kappa shape index (κ1) is 36.0. The van der Waals surface area contributed by atoms with E-state index < -0.39 is 0 Å². The molecule has 0 N–H and O–H groups in total. The number of hydrogen-bond acceptors (Lipinski definition) is 2. The van der Waals surface area contributed by atoms with Crippen LogP contribution in [-0.2, 0) is 10.8 Å². The Morgan fingerprint density at radius 1 is 0.350 bits per heavy atom. The summed E-state index contributed by atoms with van der Waals surface area (Å²) in [6.45, 7) is 9.62. The van der Waals surface area contributed by atoms with Crippen LogP contribution in [0.1, 0.15) is 49.9 Å². The summed E-state index contributed by atoms with van der Waals surface area (Å²) in [6.07, 6.45) is 0. The van der Waals surface area contributed by atoms with Crippen molar-refractivity contribution in [3.05, 3.63) is 229 Å². The smallest absolute Gasteiger partial charge is 0.0544 e. The Morgan fingerprint density at radius 3 is 1.27 bits per heavy atom. The van der Waals surface area contributed by atoms with Crippen molar-refractivity contribution in [1.82, 2.24) is 0 Å². The topological polar surface area (TPSA) is 6.48 Å². The molecule has 2 aliphatic rings. The van der Waals surface area contributed by atoms with Gasteiger partial charge in [0.1, 0.15) is 0 Å². The molecule has 0 atom stereocenters. The van der Waals surface area contributed by atoms with Crippen molar-refractivity contribution in [3.8, 4) is 33.4 Å². The summed E-state index contributed by atoms with van der Waals surface area (Å²) in [7, 11) is 0. The molecule has 0 amide bonds. The Balaban J connectivity index is 1.10. The zero-order chi connectivity index (χ0) is 40.6. The maximum absolute atomic E-state index is 2.54. The van der Waals surface area contributed by atoms with Crippen molar-refractivity contribution in [2.45, 2.75) is 38.5 Å². The van der Waals surface area contributed by atoms with E-state index in [9.17, 15) is 0 Å². The number of hydrogen-bond donors (Lipinski definition) is 0. The van der Waals surface area contributed by atoms with Gasteiger partial charge < -0.3 is 9.80 Å². The predicted octanol–water partition coefficient (Wildman–Crippen LogP) is 16.1. The third-order valence-electron chi connectivity index (χ3n) is 13.2. The van der Waals surface area contributed by atoms with Crippen LogP contribution in [-0.4, -0.2) is 0 Å². The standard InChI is InChI=1S/C58H46N2/c1-57(2)49-23-13-15-25-54(49)60-55-26-16-14-24-50(55)58(3,4)52-38-43(37-51(57)56(52)60)46-35-36-53(48-22-12-11-21-47(46)48)59(44-31-27-41(28-32-44)39-17-7-5-8-18-39)45-33-29-42(30-34-45)40-19-9-6-10-20-40/h5-38H,1-4H3. The van der Waals surface area contributed by atoms with Crippen molar-refractivity contribution in [2.75, 3.05) is 9.80 Å². The number of nitrogens with zero attached hydrogens (tertiary/aromatic N) is 2. The van der Waals surface area contributed by atoms with E-state index in [1.165, 1.54) is 83.5 Å². The van der Waals surface area contributed by atoms with Crippen molar-refractivity contribution in [3.63, 3.8) is 0 Å². The fourth-order valence-corrected chi connectivity index (χ4v) is 10.1. The van der Waals surface area contributed by atoms with Crippen molar-refractivity contribution in [2.24, 2.45) is 0 Å². The molecule has 0 aromatic heterocycles. The van der Waals surface area contributed by atoms with Gasteiger partial charge in [0.05, 0.1) is 22.7 Å². The quantitative estimate of drug-likeness (QED) is 0.166. The summed E-state index contributed by atoms with van der Waals surface area (Å²) in [5.74, 6) is 0. The second-order valence-corrected chi connectivity index (χ2v) is 17.4. The van der Waals surface area contributed by atoms with E-state index in [-0.39, 0.29) is 10.8 Å². The van der Waals surface area contributed by atoms with Crippen LogP contribution in [0.4, 0.5) is 34.1 Å². The number of fused-ring (bicyclic) bond motifs is 5. The second-order valence-electron chi connectivity index (χ2n) is 17.4. The Hall–Kier alpha value is -7.16. The maximum Gasteiger partial charge on any atom is 0.0544 e. The molecular weight excluding hydrogens is 725 g/mol. The van der Waals surface area contributed by atoms with Crippen LogP contribution in [0, 0.1) is 0 Å². The van der Waals surface area contributed by atoms with Gasteiger partial charge in [0.25, 0.3) is 0 Å². The predicted molar refractivity (Wildman–Crippen MR) is 254 cm³/mol. The minimum atomic E-state index is -0.208. The van der Waals surface area contributed by atoms with Crippen LogP contribution >= 0.6 is 0 Å². The summed E-state index contributed by atoms with van der Waals surface area (Å²) in [6, 6.07) is 75.9. The molecule has 0 spiro atoms. The molecule has 2 nitrogen and oxygen atoms in total. The van der Waals surface area contributed by atoms with E-state index in [1.807, 2.05) is 0 Å². The molecular formula is C58H46N2. The van der Waals surface area contributed by atoms with Crippen molar-refractivity contribution >= 4 is 44.9 Å². The first-order valence-electron chi connectivity index (χ1n) is 21.1. The van der Waals surface area contributed by atoms with Crippen LogP contribution in [0.2, 0.25) is 0 Å². The van der Waals surface area contributed by atoms with Gasteiger partial charge in [-0.3, -0.25) is 0 Å². The fourth-order valence-electron chi connectivity index (χ4n) is 10.1. The summed E-state index contributed by atoms with van der Waals surface area (Å²) in [5.41, 5.74) is 19.6. The highest BCUT2D eigenvalue weighted by Crippen LogP contribution is 2.61. The van der Waals surface area contributed by atoms with Gasteiger partial charge in [-0.25, -0.2) is 0 Å². The van der Waals surface area contributed by atoms with Gasteiger partial charge >= 0.3 is 0 Å². The molecule has 0 fully saturated rings. The van der Waals surface area contributed by atoms with Gasteiger partial charge in [0.15, 0.2) is 0 Å². The van der Waals surface area contributed by atoms with E-state index >= 15 is 0 Å². The molecule has 2 heterocycles. The Labute approximate surface area is 353 Å². The minimum absolute atomic E-state index is 0.208. The highest BCUT2D eigenvalue weighted by molar-refractivity contribution is 6.07. The SMILES string of the molecule is CC1(C)c2ccccc2N2c3ccccc3C(C)(C)c3cc(-c4ccc(N(c5ccc(-c6ccccc6)cc5)c5ccc(-c6ccccc6)cc5)c5ccccc45)cc1c32. The first-order valence-corrected chi connectivity index (χ1v) is 21.1. The lowest BCUT2D eigenvalue weighted by molar-refractivity contribution is 0.598. The number of para-hydroxylation sites is 2. The van der Waals surface area contributed by atoms with Crippen LogP contribution in [0.25, 0.3) is 44.2 Å². The molecule has 11 rings (SSSR count). The minimum Gasteiger partial charge on any atom is -0.310 e. The average Bonchev–Trinajstić information content (AvgIpc) is 3.30. The Bertz CT molecular complexity index is 2900. The largest absolute Gasteiger partial charge is 0.310 e. The molecule has 0 radical (unpaired) electrons. The molecule has 60 heavy (non-hydrogen) atoms. The van der Waals surface area contributed by atoms with Crippen LogP contribution < -0.4 is 9.80 Å². The normalized spacial score (nSPS) is 14.2. The van der Waals surface area contributed by atoms with E-state index in [4.69, 9.17) is 0 Å². The van der Waals surface area contributed by atoms with Crippen LogP contribution in [0.5, 0.6) is 0 Å². The van der Waals surface area contributed by atoms with Crippen molar-refractivity contribution < 1.29 is 0 Å². The van der Waals surface area contributed by atoms with E-state index in [1.54, 1.807) is 0 Å². The van der Waals surface area contributed by atoms with Crippen molar-refractivity contribution in [1.29, 1.82) is 0 Å². The zero-order valence-corrected chi connectivity index (χ0v) is 34.5. The van der Waals surface area contributed by atoms with Gasteiger partial charge in [-0.1, -0.05) is 179 Å². The molecule has 0 unspecified atom stereocenters. The highest BCUT2D eigenvalue weighted by Gasteiger charge is 2.45. The van der Waals surface area contributed by atoms with Gasteiger partial charge in [0, 0.05) is 27.6 Å². The second kappa shape index (κ2) is 13.7. The monoisotopic (exact) mass is 770 g/mol. The molecule has 0 aliphatic carbocycles. The molecule has 0 saturated heterocycles. The fraction of sp³-hybridized carbons (Fsp3) is 0.103. The Kier molecular flexibility index (Phi) is 8.22. The van der Waals surface area contributed by atoms with E-state index in [0.717, 1.165) is 17.1 Å². The van der Waals surface area contributed by atoms with E-state index in [0.29, 0.717) is 0 Å². The first-order chi connectivity index (χ1) is 29.3. The summed E-state index contributed by atoms with van der Waals surface area (Å²) in [5, 5.41) is 2.44. The average molecular weight is 771 g/mol. The number of benzene rings is 9. The maximum atomic E-state index is 2.54. The zero-order valence-electron chi connectivity index (χ0n) is 34.5. The Morgan fingerprint density at radius 2 is 0.767 bits per heavy atom. The van der Waals surface area contributed by atoms with Gasteiger partial charge in [-0.15, -0.1) is 0 Å². The highest BCUT2D eigenvalue weighted by atomic mass is 15.2. The van der Waals surface area contributed by atoms with Crippen LogP contribution in [0.15, 0.2) is 206 Å². The molecule has 288 valence electrons. The molecule has 9 aromatic rings. The number of anilines is 6. The molecule has 0 saturated carbocycles. The van der Waals surface area contributed by atoms with Gasteiger partial charge in [0.2, 0.25) is 0 Å². The van der Waals surface area contributed by atoms with Gasteiger partial charge in [-0.05, 0) is 116 Å². The third kappa shape index (κ3) is 5.55. The molecule has 2 aliphatic heterocycles. The third-order valence-corrected chi connectivity index (χ3v) is 13.2. The summed E-state index contributed by atoms with van der Waals surface area (Å²) in [4.78, 5) is 4.96. The molecule has 9 aromatic carbocycles. The molecule has 2 heteroatoms. The lowest BCUT2D eigenvalue weighted by atomic mass is 9.65. The number of rotatable bonds is 6. The lowest BCUT2D eigenvalue weighted by Crippen LogP contribution is -2.38. The van der Waals surface area contributed by atoms with Crippen LogP contribution in [0.3, 0.4) is 0 Å².